The van der Waals surface area contributed by atoms with Crippen molar-refractivity contribution in [1.29, 1.82) is 0 Å². The highest BCUT2D eigenvalue weighted by Crippen LogP contribution is 2.23. The van der Waals surface area contributed by atoms with E-state index in [1.54, 1.807) is 0 Å². The fraction of sp³-hybridized carbons (Fsp3) is 1.00. The maximum absolute atomic E-state index is 9.21. The molecule has 2 nitrogen and oxygen atoms in total. The Kier molecular flexibility index (Phi) is 4.74. The molecular weight excluding hydrogens is 162 g/mol. The van der Waals surface area contributed by atoms with E-state index in [0.29, 0.717) is 0 Å². The molecule has 0 aliphatic heterocycles. The predicted molar refractivity (Wildman–Crippen MR) is 55.8 cm³/mol. The van der Waals surface area contributed by atoms with Gasteiger partial charge in [-0.2, -0.15) is 0 Å². The minimum atomic E-state index is -0.186. The molecule has 1 fully saturated rings. The molecule has 0 radical (unpaired) electrons. The summed E-state index contributed by atoms with van der Waals surface area (Å²) < 4.78 is 0. The van der Waals surface area contributed by atoms with Crippen LogP contribution in [0.25, 0.3) is 0 Å². The number of aliphatic hydroxyl groups is 1. The van der Waals surface area contributed by atoms with Crippen LogP contribution < -0.4 is 0 Å². The number of aliphatic hydroxyl groups excluding tert-OH is 1. The highest BCUT2D eigenvalue weighted by Gasteiger charge is 2.15. The predicted octanol–water partition coefficient (Wildman–Crippen LogP) is 1.88. The molecule has 1 aliphatic carbocycles. The second-order valence-corrected chi connectivity index (χ2v) is 4.57. The van der Waals surface area contributed by atoms with Crippen LogP contribution in [0.1, 0.15) is 39.0 Å². The van der Waals surface area contributed by atoms with E-state index in [9.17, 15) is 5.11 Å². The Morgan fingerprint density at radius 3 is 2.46 bits per heavy atom. The normalized spacial score (nSPS) is 22.2. The first-order chi connectivity index (χ1) is 6.18. The Hall–Kier alpha value is -0.0800. The molecule has 1 aliphatic rings. The zero-order valence-corrected chi connectivity index (χ0v) is 9.00. The van der Waals surface area contributed by atoms with Crippen molar-refractivity contribution in [3.8, 4) is 0 Å². The van der Waals surface area contributed by atoms with Crippen molar-refractivity contribution in [2.24, 2.45) is 5.92 Å². The summed E-state index contributed by atoms with van der Waals surface area (Å²) in [7, 11) is 2.11. The average molecular weight is 185 g/mol. The van der Waals surface area contributed by atoms with Crippen LogP contribution in [-0.2, 0) is 0 Å². The average Bonchev–Trinajstić information content (AvgIpc) is 2.04. The number of likely N-dealkylation sites (N-methyl/N-ethyl adjacent to an activating group) is 1. The van der Waals surface area contributed by atoms with Gasteiger partial charge >= 0.3 is 0 Å². The van der Waals surface area contributed by atoms with E-state index >= 15 is 0 Å². The van der Waals surface area contributed by atoms with Gasteiger partial charge in [0, 0.05) is 13.1 Å². The van der Waals surface area contributed by atoms with Crippen LogP contribution >= 0.6 is 0 Å². The highest BCUT2D eigenvalue weighted by molar-refractivity contribution is 4.69. The third kappa shape index (κ3) is 4.63. The molecule has 1 N–H and O–H groups in total. The quantitative estimate of drug-likeness (QED) is 0.723. The van der Waals surface area contributed by atoms with Crippen molar-refractivity contribution in [2.45, 2.75) is 45.1 Å². The van der Waals surface area contributed by atoms with Crippen LogP contribution in [0.5, 0.6) is 0 Å². The summed E-state index contributed by atoms with van der Waals surface area (Å²) in [6.45, 7) is 3.85. The van der Waals surface area contributed by atoms with Crippen LogP contribution in [0.15, 0.2) is 0 Å². The lowest BCUT2D eigenvalue weighted by Gasteiger charge is -2.27. The van der Waals surface area contributed by atoms with Crippen molar-refractivity contribution in [1.82, 2.24) is 4.90 Å². The smallest absolute Gasteiger partial charge is 0.0638 e. The Balaban J connectivity index is 2.14. The summed E-state index contributed by atoms with van der Waals surface area (Å²) in [5.74, 6) is 0.887. The molecule has 13 heavy (non-hydrogen) atoms. The van der Waals surface area contributed by atoms with E-state index < -0.39 is 0 Å². The summed E-state index contributed by atoms with van der Waals surface area (Å²) in [5.41, 5.74) is 0. The van der Waals surface area contributed by atoms with Crippen molar-refractivity contribution in [2.75, 3.05) is 20.1 Å². The molecule has 2 heteroatoms. The van der Waals surface area contributed by atoms with Gasteiger partial charge in [-0.25, -0.2) is 0 Å². The van der Waals surface area contributed by atoms with Gasteiger partial charge in [0.05, 0.1) is 6.10 Å². The third-order valence-corrected chi connectivity index (χ3v) is 2.87. The van der Waals surface area contributed by atoms with Gasteiger partial charge in [0.25, 0.3) is 0 Å². The number of hydrogen-bond donors (Lipinski definition) is 1. The van der Waals surface area contributed by atoms with Crippen molar-refractivity contribution >= 4 is 0 Å². The Labute approximate surface area is 81.9 Å². The van der Waals surface area contributed by atoms with Crippen LogP contribution in [0.2, 0.25) is 0 Å². The maximum atomic E-state index is 9.21. The summed E-state index contributed by atoms with van der Waals surface area (Å²) in [4.78, 5) is 2.26. The molecule has 1 atom stereocenters. The highest BCUT2D eigenvalue weighted by atomic mass is 16.3. The van der Waals surface area contributed by atoms with E-state index in [1.807, 2.05) is 6.92 Å². The van der Waals surface area contributed by atoms with Crippen molar-refractivity contribution in [3.63, 3.8) is 0 Å². The molecule has 0 spiro atoms. The molecule has 78 valence electrons. The van der Waals surface area contributed by atoms with Gasteiger partial charge in [-0.05, 0) is 32.7 Å². The van der Waals surface area contributed by atoms with Gasteiger partial charge in [0.1, 0.15) is 0 Å². The molecule has 0 saturated heterocycles. The summed E-state index contributed by atoms with van der Waals surface area (Å²) >= 11 is 0. The van der Waals surface area contributed by atoms with Gasteiger partial charge in [-0.1, -0.05) is 19.3 Å². The molecule has 1 rings (SSSR count). The largest absolute Gasteiger partial charge is 0.392 e. The molecule has 0 amide bonds. The van der Waals surface area contributed by atoms with Gasteiger partial charge in [-0.3, -0.25) is 0 Å². The van der Waals surface area contributed by atoms with Gasteiger partial charge in [0.15, 0.2) is 0 Å². The molecule has 0 bridgehead atoms. The second kappa shape index (κ2) is 5.61. The van der Waals surface area contributed by atoms with Crippen molar-refractivity contribution in [3.05, 3.63) is 0 Å². The fourth-order valence-corrected chi connectivity index (χ4v) is 2.34. The summed E-state index contributed by atoms with van der Waals surface area (Å²) in [6, 6.07) is 0. The van der Waals surface area contributed by atoms with Crippen LogP contribution in [0.3, 0.4) is 0 Å². The first-order valence-electron chi connectivity index (χ1n) is 5.55. The van der Waals surface area contributed by atoms with Crippen LogP contribution in [0, 0.1) is 5.92 Å². The molecule has 0 aromatic carbocycles. The number of rotatable bonds is 4. The summed E-state index contributed by atoms with van der Waals surface area (Å²) in [5, 5.41) is 9.21. The molecule has 0 heterocycles. The van der Waals surface area contributed by atoms with Gasteiger partial charge in [0.2, 0.25) is 0 Å². The number of nitrogens with zero attached hydrogens (tertiary/aromatic N) is 1. The van der Waals surface area contributed by atoms with Crippen LogP contribution in [0.4, 0.5) is 0 Å². The maximum Gasteiger partial charge on any atom is 0.0638 e. The van der Waals surface area contributed by atoms with Gasteiger partial charge < -0.3 is 10.0 Å². The zero-order valence-electron chi connectivity index (χ0n) is 9.00. The third-order valence-electron chi connectivity index (χ3n) is 2.87. The molecule has 0 aromatic heterocycles. The first-order valence-corrected chi connectivity index (χ1v) is 5.55. The first kappa shape index (κ1) is 11.0. The minimum absolute atomic E-state index is 0.186. The summed E-state index contributed by atoms with van der Waals surface area (Å²) in [6.07, 6.45) is 6.85. The Bertz CT molecular complexity index is 130. The van der Waals surface area contributed by atoms with E-state index in [1.165, 1.54) is 38.6 Å². The monoisotopic (exact) mass is 185 g/mol. The lowest BCUT2D eigenvalue weighted by atomic mass is 9.89. The van der Waals surface area contributed by atoms with E-state index in [0.717, 1.165) is 12.5 Å². The van der Waals surface area contributed by atoms with E-state index in [2.05, 4.69) is 11.9 Å². The topological polar surface area (TPSA) is 23.5 Å². The minimum Gasteiger partial charge on any atom is -0.392 e. The molecule has 0 unspecified atom stereocenters. The number of hydrogen-bond acceptors (Lipinski definition) is 2. The van der Waals surface area contributed by atoms with E-state index in [4.69, 9.17) is 0 Å². The van der Waals surface area contributed by atoms with Crippen molar-refractivity contribution < 1.29 is 5.11 Å². The SMILES string of the molecule is C[C@@H](O)CN(C)CC1CCCCC1. The Morgan fingerprint density at radius 2 is 1.92 bits per heavy atom. The molecule has 1 saturated carbocycles. The molecular formula is C11H23NO. The fourth-order valence-electron chi connectivity index (χ4n) is 2.34. The van der Waals surface area contributed by atoms with E-state index in [-0.39, 0.29) is 6.10 Å². The van der Waals surface area contributed by atoms with Gasteiger partial charge in [-0.15, -0.1) is 0 Å². The molecule has 0 aromatic rings. The lowest BCUT2D eigenvalue weighted by molar-refractivity contribution is 0.126. The second-order valence-electron chi connectivity index (χ2n) is 4.57. The van der Waals surface area contributed by atoms with Crippen LogP contribution in [-0.4, -0.2) is 36.2 Å². The zero-order chi connectivity index (χ0) is 9.68. The lowest BCUT2D eigenvalue weighted by Crippen LogP contribution is -2.32. The Morgan fingerprint density at radius 1 is 1.31 bits per heavy atom. The standard InChI is InChI=1S/C11H23NO/c1-10(13)8-12(2)9-11-6-4-3-5-7-11/h10-11,13H,3-9H2,1-2H3/t10-/m1/s1.